The van der Waals surface area contributed by atoms with Crippen LogP contribution in [0.15, 0.2) is 35.4 Å². The number of nitrogen functional groups attached to an aromatic ring is 1. The number of benzene rings is 1. The molecule has 2 rings (SSSR count). The van der Waals surface area contributed by atoms with Crippen LogP contribution in [0.25, 0.3) is 0 Å². The number of anilines is 1. The van der Waals surface area contributed by atoms with Crippen LogP contribution in [0.4, 0.5) is 5.82 Å². The number of pyridine rings is 1. The average Bonchev–Trinajstić information content (AvgIpc) is 2.59. The van der Waals surface area contributed by atoms with E-state index in [-0.39, 0.29) is 11.4 Å². The van der Waals surface area contributed by atoms with Gasteiger partial charge in [0.15, 0.2) is 5.03 Å². The normalized spacial score (nSPS) is 11.3. The molecule has 0 saturated carbocycles. The summed E-state index contributed by atoms with van der Waals surface area (Å²) in [5.41, 5.74) is 13.3. The van der Waals surface area contributed by atoms with E-state index in [2.05, 4.69) is 11.1 Å². The Labute approximate surface area is 144 Å². The average molecular weight is 338 g/mol. The van der Waals surface area contributed by atoms with Gasteiger partial charge in [0.25, 0.3) is 5.82 Å². The van der Waals surface area contributed by atoms with Crippen LogP contribution in [0.5, 0.6) is 0 Å². The van der Waals surface area contributed by atoms with Gasteiger partial charge in [0.1, 0.15) is 28.5 Å². The Morgan fingerprint density at radius 1 is 1.25 bits per heavy atom. The minimum atomic E-state index is -0.674. The molecular weight excluding hydrogens is 322 g/mol. The predicted molar refractivity (Wildman–Crippen MR) is 90.5 cm³/mol. The van der Waals surface area contributed by atoms with Crippen molar-refractivity contribution < 1.29 is 9.78 Å². The van der Waals surface area contributed by atoms with E-state index in [4.69, 9.17) is 11.5 Å². The van der Waals surface area contributed by atoms with Crippen molar-refractivity contribution in [3.8, 4) is 12.1 Å². The maximum Gasteiger partial charge on any atom is 0.289 e. The lowest BCUT2D eigenvalue weighted by molar-refractivity contribution is -0.410. The fourth-order valence-electron chi connectivity index (χ4n) is 2.40. The number of nitrogens with zero attached hydrogens (tertiary/aromatic N) is 2. The Morgan fingerprint density at radius 3 is 2.38 bits per heavy atom. The molecule has 0 spiro atoms. The van der Waals surface area contributed by atoms with E-state index in [1.807, 2.05) is 31.2 Å². The van der Waals surface area contributed by atoms with Gasteiger partial charge < -0.3 is 5.73 Å². The summed E-state index contributed by atoms with van der Waals surface area (Å²) in [5.74, 6) is -0.350. The molecule has 1 aromatic heterocycles. The second-order valence-electron chi connectivity index (χ2n) is 4.98. The molecule has 0 aliphatic carbocycles. The molecule has 0 radical (unpaired) electrons. The molecule has 1 amide bonds. The number of hydrogen-bond acceptors (Lipinski definition) is 5. The van der Waals surface area contributed by atoms with Crippen LogP contribution in [0, 0.1) is 22.7 Å². The first-order chi connectivity index (χ1) is 11.5. The molecule has 1 aromatic carbocycles. The lowest BCUT2D eigenvalue weighted by Gasteiger charge is -2.14. The molecule has 1 heterocycles. The standard InChI is InChI=1S/C17H15N5OS/c1-2-11-12(8-18)15(20)22-17(13(11)9-19)24-14(16(21)23)10-6-4-3-5-7-10/h3-7,14H,2H2,1H3,(H2,20,22)(H2,21,23)/p+1/t14-/m1/s1. The highest BCUT2D eigenvalue weighted by molar-refractivity contribution is 8.00. The first kappa shape index (κ1) is 17.3. The van der Waals surface area contributed by atoms with Crippen molar-refractivity contribution in [1.82, 2.24) is 0 Å². The molecule has 0 bridgehead atoms. The largest absolute Gasteiger partial charge is 0.368 e. The van der Waals surface area contributed by atoms with Crippen LogP contribution in [-0.2, 0) is 11.2 Å². The topological polar surface area (TPSA) is 131 Å². The van der Waals surface area contributed by atoms with E-state index in [0.717, 1.165) is 17.3 Å². The number of H-pyrrole nitrogens is 1. The smallest absolute Gasteiger partial charge is 0.289 e. The Kier molecular flexibility index (Phi) is 5.41. The Balaban J connectivity index is 2.56. The Hall–Kier alpha value is -3.03. The molecule has 1 atom stereocenters. The summed E-state index contributed by atoms with van der Waals surface area (Å²) in [7, 11) is 0. The molecule has 0 aliphatic heterocycles. The lowest BCUT2D eigenvalue weighted by Crippen LogP contribution is -2.23. The second kappa shape index (κ2) is 7.49. The van der Waals surface area contributed by atoms with Crippen molar-refractivity contribution in [3.63, 3.8) is 0 Å². The number of nitrogens with one attached hydrogen (secondary N) is 1. The fraction of sp³-hybridized carbons (Fsp3) is 0.176. The third kappa shape index (κ3) is 3.32. The van der Waals surface area contributed by atoms with Gasteiger partial charge in [-0.2, -0.15) is 10.5 Å². The van der Waals surface area contributed by atoms with Crippen LogP contribution >= 0.6 is 11.8 Å². The number of nitriles is 2. The molecule has 7 heteroatoms. The van der Waals surface area contributed by atoms with Crippen molar-refractivity contribution in [2.45, 2.75) is 23.6 Å². The van der Waals surface area contributed by atoms with Crippen LogP contribution in [0.3, 0.4) is 0 Å². The van der Waals surface area contributed by atoms with Crippen molar-refractivity contribution >= 4 is 23.5 Å². The lowest BCUT2D eigenvalue weighted by atomic mass is 10.0. The Bertz CT molecular complexity index is 852. The highest BCUT2D eigenvalue weighted by Gasteiger charge is 2.27. The zero-order valence-electron chi connectivity index (χ0n) is 13.0. The third-order valence-corrected chi connectivity index (χ3v) is 4.80. The first-order valence-electron chi connectivity index (χ1n) is 7.22. The number of carbonyl (C=O) groups is 1. The molecule has 120 valence electrons. The summed E-state index contributed by atoms with van der Waals surface area (Å²) in [6, 6.07) is 13.2. The summed E-state index contributed by atoms with van der Waals surface area (Å²) < 4.78 is 0. The van der Waals surface area contributed by atoms with Crippen molar-refractivity contribution in [2.75, 3.05) is 5.73 Å². The third-order valence-electron chi connectivity index (χ3n) is 3.52. The monoisotopic (exact) mass is 338 g/mol. The van der Waals surface area contributed by atoms with E-state index in [1.54, 1.807) is 12.1 Å². The van der Waals surface area contributed by atoms with E-state index >= 15 is 0 Å². The van der Waals surface area contributed by atoms with E-state index in [1.165, 1.54) is 0 Å². The summed E-state index contributed by atoms with van der Waals surface area (Å²) in [6.45, 7) is 1.84. The molecule has 0 unspecified atom stereocenters. The molecule has 24 heavy (non-hydrogen) atoms. The quantitative estimate of drug-likeness (QED) is 0.801. The number of aromatic amines is 1. The van der Waals surface area contributed by atoms with Crippen molar-refractivity contribution in [3.05, 3.63) is 52.6 Å². The maximum absolute atomic E-state index is 11.9. The van der Waals surface area contributed by atoms with Crippen LogP contribution in [0.2, 0.25) is 0 Å². The number of primary amides is 1. The minimum Gasteiger partial charge on any atom is -0.368 e. The number of amides is 1. The molecule has 2 aromatic rings. The van der Waals surface area contributed by atoms with Gasteiger partial charge >= 0.3 is 0 Å². The van der Waals surface area contributed by atoms with Crippen LogP contribution in [0.1, 0.15) is 34.4 Å². The van der Waals surface area contributed by atoms with Gasteiger partial charge in [0, 0.05) is 5.56 Å². The predicted octanol–water partition coefficient (Wildman–Crippen LogP) is 1.71. The zero-order valence-corrected chi connectivity index (χ0v) is 13.9. The van der Waals surface area contributed by atoms with Gasteiger partial charge in [0.05, 0.1) is 0 Å². The molecule has 0 saturated heterocycles. The summed E-state index contributed by atoms with van der Waals surface area (Å²) in [5, 5.41) is 18.5. The minimum absolute atomic E-state index is 0.173. The summed E-state index contributed by atoms with van der Waals surface area (Å²) >= 11 is 1.12. The fourth-order valence-corrected chi connectivity index (χ4v) is 3.50. The SMILES string of the molecule is CCc1c(C#N)c(N)[nH+]c(S[C@@H](C(N)=O)c2ccccc2)c1C#N. The first-order valence-corrected chi connectivity index (χ1v) is 8.10. The van der Waals surface area contributed by atoms with Crippen molar-refractivity contribution in [1.29, 1.82) is 10.5 Å². The Morgan fingerprint density at radius 2 is 1.88 bits per heavy atom. The van der Waals surface area contributed by atoms with Crippen LogP contribution in [-0.4, -0.2) is 5.91 Å². The van der Waals surface area contributed by atoms with Gasteiger partial charge in [-0.1, -0.05) is 49.0 Å². The molecule has 5 N–H and O–H groups in total. The second-order valence-corrected chi connectivity index (χ2v) is 6.10. The van der Waals surface area contributed by atoms with Gasteiger partial charge in [-0.15, -0.1) is 0 Å². The number of hydrogen-bond donors (Lipinski definition) is 2. The van der Waals surface area contributed by atoms with Gasteiger partial charge in [-0.05, 0) is 12.0 Å². The van der Waals surface area contributed by atoms with Crippen LogP contribution < -0.4 is 16.5 Å². The molecule has 6 nitrogen and oxygen atoms in total. The van der Waals surface area contributed by atoms with E-state index < -0.39 is 11.2 Å². The molecule has 0 fully saturated rings. The number of aromatic nitrogens is 1. The summed E-state index contributed by atoms with van der Waals surface area (Å²) in [4.78, 5) is 14.8. The number of carbonyl (C=O) groups excluding carboxylic acids is 1. The van der Waals surface area contributed by atoms with Gasteiger partial charge in [-0.25, -0.2) is 4.98 Å². The summed E-state index contributed by atoms with van der Waals surface area (Å²) in [6.07, 6.45) is 0.477. The number of rotatable bonds is 5. The molecular formula is C17H16N5OS+. The maximum atomic E-state index is 11.9. The highest BCUT2D eigenvalue weighted by Crippen LogP contribution is 2.36. The zero-order chi connectivity index (χ0) is 17.7. The van der Waals surface area contributed by atoms with Crippen molar-refractivity contribution in [2.24, 2.45) is 5.73 Å². The van der Waals surface area contributed by atoms with Gasteiger partial charge in [0.2, 0.25) is 5.91 Å². The van der Waals surface area contributed by atoms with Gasteiger partial charge in [-0.3, -0.25) is 10.5 Å². The molecule has 0 aliphatic rings. The van der Waals surface area contributed by atoms with E-state index in [0.29, 0.717) is 22.6 Å². The number of nitrogens with two attached hydrogens (primary N) is 2. The highest BCUT2D eigenvalue weighted by atomic mass is 32.2. The van der Waals surface area contributed by atoms with E-state index in [9.17, 15) is 15.3 Å². The number of thioether (sulfide) groups is 1.